The van der Waals surface area contributed by atoms with E-state index in [1.807, 2.05) is 6.92 Å². The van der Waals surface area contributed by atoms with Crippen LogP contribution in [0.4, 0.5) is 0 Å². The standard InChI is InChI=1S/C11H21N3O4/c1-2-3-9(10(12)14-16)11(15)13-6-8-7-17-4-5-18-8/h8-9,16H,2-7H2,1H3,(H2,12,14)(H,13,15). The van der Waals surface area contributed by atoms with Crippen molar-refractivity contribution < 1.29 is 19.5 Å². The molecule has 104 valence electrons. The molecule has 0 aromatic rings. The van der Waals surface area contributed by atoms with Crippen molar-refractivity contribution in [1.29, 1.82) is 0 Å². The first-order chi connectivity index (χ1) is 8.69. The highest BCUT2D eigenvalue weighted by molar-refractivity contribution is 6.02. The van der Waals surface area contributed by atoms with Crippen molar-refractivity contribution in [3.05, 3.63) is 0 Å². The summed E-state index contributed by atoms with van der Waals surface area (Å²) in [5.41, 5.74) is 5.50. The Kier molecular flexibility index (Phi) is 6.45. The zero-order valence-corrected chi connectivity index (χ0v) is 10.6. The highest BCUT2D eigenvalue weighted by Crippen LogP contribution is 2.07. The maximum atomic E-state index is 11.9. The lowest BCUT2D eigenvalue weighted by atomic mass is 10.0. The maximum Gasteiger partial charge on any atom is 0.230 e. The van der Waals surface area contributed by atoms with E-state index in [1.165, 1.54) is 0 Å². The van der Waals surface area contributed by atoms with Crippen molar-refractivity contribution in [3.63, 3.8) is 0 Å². The van der Waals surface area contributed by atoms with Gasteiger partial charge in [0, 0.05) is 6.54 Å². The summed E-state index contributed by atoms with van der Waals surface area (Å²) in [5.74, 6) is -0.902. The van der Waals surface area contributed by atoms with Crippen LogP contribution in [0.3, 0.4) is 0 Å². The molecule has 4 N–H and O–H groups in total. The minimum atomic E-state index is -0.593. The molecule has 18 heavy (non-hydrogen) atoms. The quantitative estimate of drug-likeness (QED) is 0.262. The third kappa shape index (κ3) is 4.50. The SMILES string of the molecule is CCCC(C(=O)NCC1COCCO1)C(N)=NO. The number of rotatable bonds is 6. The third-order valence-electron chi connectivity index (χ3n) is 2.76. The molecular weight excluding hydrogens is 238 g/mol. The summed E-state index contributed by atoms with van der Waals surface area (Å²) in [5, 5.41) is 14.3. The van der Waals surface area contributed by atoms with Crippen LogP contribution < -0.4 is 11.1 Å². The van der Waals surface area contributed by atoms with E-state index in [4.69, 9.17) is 20.4 Å². The monoisotopic (exact) mass is 259 g/mol. The Balaban J connectivity index is 2.40. The molecule has 0 bridgehead atoms. The summed E-state index contributed by atoms with van der Waals surface area (Å²) in [4.78, 5) is 11.9. The zero-order valence-electron chi connectivity index (χ0n) is 10.6. The van der Waals surface area contributed by atoms with Crippen LogP contribution in [0.25, 0.3) is 0 Å². The predicted molar refractivity (Wildman–Crippen MR) is 65.4 cm³/mol. The lowest BCUT2D eigenvalue weighted by Crippen LogP contribution is -2.44. The molecule has 1 aliphatic heterocycles. The molecule has 7 nitrogen and oxygen atoms in total. The van der Waals surface area contributed by atoms with Crippen molar-refractivity contribution in [1.82, 2.24) is 5.32 Å². The number of hydrogen-bond donors (Lipinski definition) is 3. The highest BCUT2D eigenvalue weighted by Gasteiger charge is 2.23. The molecule has 0 aromatic carbocycles. The molecule has 0 radical (unpaired) electrons. The van der Waals surface area contributed by atoms with Crippen LogP contribution >= 0.6 is 0 Å². The van der Waals surface area contributed by atoms with Gasteiger partial charge in [0.05, 0.1) is 31.8 Å². The maximum absolute atomic E-state index is 11.9. The van der Waals surface area contributed by atoms with E-state index in [2.05, 4.69) is 10.5 Å². The molecule has 2 atom stereocenters. The van der Waals surface area contributed by atoms with Crippen LogP contribution in [0.2, 0.25) is 0 Å². The number of nitrogens with zero attached hydrogens (tertiary/aromatic N) is 1. The number of nitrogens with two attached hydrogens (primary N) is 1. The Bertz CT molecular complexity index is 290. The Morgan fingerprint density at radius 1 is 1.61 bits per heavy atom. The smallest absolute Gasteiger partial charge is 0.230 e. The van der Waals surface area contributed by atoms with Crippen LogP contribution in [0.5, 0.6) is 0 Å². The number of ether oxygens (including phenoxy) is 2. The Morgan fingerprint density at radius 2 is 2.39 bits per heavy atom. The van der Waals surface area contributed by atoms with Gasteiger partial charge in [0.15, 0.2) is 5.84 Å². The second-order valence-corrected chi connectivity index (χ2v) is 4.18. The number of carbonyl (C=O) groups is 1. The molecule has 1 aliphatic rings. The molecule has 1 rings (SSSR count). The van der Waals surface area contributed by atoms with Gasteiger partial charge in [-0.25, -0.2) is 0 Å². The summed E-state index contributed by atoms with van der Waals surface area (Å²) in [6.45, 7) is 3.91. The van der Waals surface area contributed by atoms with E-state index >= 15 is 0 Å². The van der Waals surface area contributed by atoms with Gasteiger partial charge >= 0.3 is 0 Å². The van der Waals surface area contributed by atoms with Gasteiger partial charge in [-0.05, 0) is 6.42 Å². The van der Waals surface area contributed by atoms with E-state index in [0.717, 1.165) is 6.42 Å². The molecule has 2 unspecified atom stereocenters. The van der Waals surface area contributed by atoms with Crippen LogP contribution in [-0.4, -0.2) is 49.4 Å². The van der Waals surface area contributed by atoms with Crippen LogP contribution in [0, 0.1) is 5.92 Å². The number of carbonyl (C=O) groups excluding carboxylic acids is 1. The second kappa shape index (κ2) is 7.88. The van der Waals surface area contributed by atoms with Gasteiger partial charge in [0.25, 0.3) is 0 Å². The van der Waals surface area contributed by atoms with Crippen molar-refractivity contribution in [2.45, 2.75) is 25.9 Å². The Labute approximate surface area is 106 Å². The van der Waals surface area contributed by atoms with Gasteiger partial charge < -0.3 is 25.7 Å². The molecule has 0 aliphatic carbocycles. The van der Waals surface area contributed by atoms with Gasteiger partial charge in [-0.15, -0.1) is 0 Å². The molecule has 1 heterocycles. The fourth-order valence-electron chi connectivity index (χ4n) is 1.76. The van der Waals surface area contributed by atoms with Gasteiger partial charge in [-0.1, -0.05) is 18.5 Å². The summed E-state index contributed by atoms with van der Waals surface area (Å²) < 4.78 is 10.6. The lowest BCUT2D eigenvalue weighted by Gasteiger charge is -2.24. The van der Waals surface area contributed by atoms with Gasteiger partial charge in [-0.2, -0.15) is 0 Å². The average Bonchev–Trinajstić information content (AvgIpc) is 2.42. The lowest BCUT2D eigenvalue weighted by molar-refractivity contribution is -0.126. The molecular formula is C11H21N3O4. The molecule has 0 saturated carbocycles. The summed E-state index contributed by atoms with van der Waals surface area (Å²) >= 11 is 0. The first kappa shape index (κ1) is 14.7. The molecule has 1 saturated heterocycles. The minimum absolute atomic E-state index is 0.0600. The van der Waals surface area contributed by atoms with Gasteiger partial charge in [0.2, 0.25) is 5.91 Å². The van der Waals surface area contributed by atoms with Crippen LogP contribution in [-0.2, 0) is 14.3 Å². The van der Waals surface area contributed by atoms with E-state index in [-0.39, 0.29) is 17.8 Å². The fourth-order valence-corrected chi connectivity index (χ4v) is 1.76. The van der Waals surface area contributed by atoms with Crippen molar-refractivity contribution >= 4 is 11.7 Å². The van der Waals surface area contributed by atoms with Crippen molar-refractivity contribution in [3.8, 4) is 0 Å². The number of amidine groups is 1. The first-order valence-corrected chi connectivity index (χ1v) is 6.13. The number of oxime groups is 1. The fraction of sp³-hybridized carbons (Fsp3) is 0.818. The minimum Gasteiger partial charge on any atom is -0.409 e. The number of hydrogen-bond acceptors (Lipinski definition) is 5. The summed E-state index contributed by atoms with van der Waals surface area (Å²) in [6, 6.07) is 0. The first-order valence-electron chi connectivity index (χ1n) is 6.13. The van der Waals surface area contributed by atoms with E-state index in [0.29, 0.717) is 32.8 Å². The summed E-state index contributed by atoms with van der Waals surface area (Å²) in [7, 11) is 0. The largest absolute Gasteiger partial charge is 0.409 e. The summed E-state index contributed by atoms with van der Waals surface area (Å²) in [6.07, 6.45) is 1.19. The molecule has 1 fully saturated rings. The highest BCUT2D eigenvalue weighted by atomic mass is 16.6. The third-order valence-corrected chi connectivity index (χ3v) is 2.76. The van der Waals surface area contributed by atoms with Crippen molar-refractivity contribution in [2.24, 2.45) is 16.8 Å². The molecule has 7 heteroatoms. The zero-order chi connectivity index (χ0) is 13.4. The second-order valence-electron chi connectivity index (χ2n) is 4.18. The average molecular weight is 259 g/mol. The van der Waals surface area contributed by atoms with Gasteiger partial charge in [-0.3, -0.25) is 4.79 Å². The normalized spacial score (nSPS) is 22.5. The van der Waals surface area contributed by atoms with E-state index < -0.39 is 5.92 Å². The van der Waals surface area contributed by atoms with Crippen LogP contribution in [0.15, 0.2) is 5.16 Å². The Morgan fingerprint density at radius 3 is 2.94 bits per heavy atom. The van der Waals surface area contributed by atoms with E-state index in [1.54, 1.807) is 0 Å². The molecule has 0 aromatic heterocycles. The van der Waals surface area contributed by atoms with Gasteiger partial charge in [0.1, 0.15) is 0 Å². The topological polar surface area (TPSA) is 106 Å². The Hall–Kier alpha value is -1.34. The number of amides is 1. The van der Waals surface area contributed by atoms with Crippen LogP contribution in [0.1, 0.15) is 19.8 Å². The van der Waals surface area contributed by atoms with Crippen molar-refractivity contribution in [2.75, 3.05) is 26.4 Å². The molecule has 1 amide bonds. The predicted octanol–water partition coefficient (Wildman–Crippen LogP) is -0.319. The number of nitrogens with one attached hydrogen (secondary N) is 1. The van der Waals surface area contributed by atoms with E-state index in [9.17, 15) is 4.79 Å². The molecule has 0 spiro atoms.